The number of benzene rings is 1. The summed E-state index contributed by atoms with van der Waals surface area (Å²) in [5.74, 6) is -4.82. The number of fused-ring (bicyclic) bond motifs is 4. The van der Waals surface area contributed by atoms with Crippen LogP contribution in [0.25, 0.3) is 0 Å². The third-order valence-electron chi connectivity index (χ3n) is 8.55. The lowest BCUT2D eigenvalue weighted by Gasteiger charge is -2.50. The first-order valence-corrected chi connectivity index (χ1v) is 15.1. The van der Waals surface area contributed by atoms with Crippen molar-refractivity contribution in [1.29, 1.82) is 0 Å². The molecule has 4 amide bonds. The average Bonchev–Trinajstić information content (AvgIpc) is 3.56. The number of halogens is 3. The third kappa shape index (κ3) is 3.54. The van der Waals surface area contributed by atoms with Crippen LogP contribution in [0.5, 0.6) is 11.5 Å². The smallest absolute Gasteiger partial charge is 0.254 e. The van der Waals surface area contributed by atoms with Crippen molar-refractivity contribution in [3.63, 3.8) is 0 Å². The Balaban J connectivity index is 1.52. The maximum Gasteiger partial charge on any atom is 0.254 e. The Labute approximate surface area is 246 Å². The fraction of sp³-hybridized carbons (Fsp3) is 0.407. The molecular formula is C27H23BrCl2N2O6S. The molecule has 1 N–H and O–H groups in total. The molecule has 1 aromatic carbocycles. The van der Waals surface area contributed by atoms with Gasteiger partial charge in [0, 0.05) is 16.4 Å². The number of thiophene rings is 1. The molecule has 1 aromatic heterocycles. The molecule has 2 aliphatic heterocycles. The topological polar surface area (TPSA) is 104 Å². The SMILES string of the molecule is COc1ccc(O)c([C@H]2C3=CC[C@@H]4C(=O)N(Cc5cccs5)C(=O)[C@@H]4[C@@H]3C[C@@]3(Cl)C(=O)N(CBr)C(=O)[C@@]23Cl)c1. The molecule has 4 aliphatic rings. The second kappa shape index (κ2) is 9.33. The maximum absolute atomic E-state index is 13.9. The summed E-state index contributed by atoms with van der Waals surface area (Å²) in [6, 6.07) is 8.28. The highest BCUT2D eigenvalue weighted by molar-refractivity contribution is 9.09. The predicted molar refractivity (Wildman–Crippen MR) is 148 cm³/mol. The van der Waals surface area contributed by atoms with Crippen LogP contribution in [0, 0.1) is 17.8 Å². The van der Waals surface area contributed by atoms with Crippen molar-refractivity contribution in [3.05, 3.63) is 57.8 Å². The highest BCUT2D eigenvalue weighted by Crippen LogP contribution is 2.66. The van der Waals surface area contributed by atoms with Crippen LogP contribution in [0.1, 0.15) is 29.2 Å². The van der Waals surface area contributed by atoms with Gasteiger partial charge in [0.1, 0.15) is 11.5 Å². The van der Waals surface area contributed by atoms with Gasteiger partial charge in [-0.05, 0) is 48.4 Å². The number of likely N-dealkylation sites (tertiary alicyclic amines) is 2. The molecule has 3 fully saturated rings. The molecule has 2 aliphatic carbocycles. The molecule has 0 bridgehead atoms. The Bertz CT molecular complexity index is 1450. The molecule has 12 heteroatoms. The van der Waals surface area contributed by atoms with E-state index in [9.17, 15) is 24.3 Å². The van der Waals surface area contributed by atoms with Gasteiger partial charge in [-0.15, -0.1) is 34.5 Å². The van der Waals surface area contributed by atoms with Crippen LogP contribution in [0.15, 0.2) is 47.4 Å². The molecule has 39 heavy (non-hydrogen) atoms. The summed E-state index contributed by atoms with van der Waals surface area (Å²) < 4.78 is 5.38. The van der Waals surface area contributed by atoms with Gasteiger partial charge in [0.25, 0.3) is 11.8 Å². The Morgan fingerprint density at radius 1 is 1.10 bits per heavy atom. The summed E-state index contributed by atoms with van der Waals surface area (Å²) in [5.41, 5.74) is 0.753. The molecule has 6 rings (SSSR count). The molecule has 6 atom stereocenters. The van der Waals surface area contributed by atoms with E-state index in [1.165, 1.54) is 29.4 Å². The molecule has 0 radical (unpaired) electrons. The first kappa shape index (κ1) is 26.8. The van der Waals surface area contributed by atoms with Crippen molar-refractivity contribution in [2.45, 2.75) is 35.1 Å². The molecule has 0 unspecified atom stereocenters. The summed E-state index contributed by atoms with van der Waals surface area (Å²) in [4.78, 5) is 54.0. The number of phenols is 1. The number of aromatic hydroxyl groups is 1. The van der Waals surface area contributed by atoms with E-state index >= 15 is 0 Å². The zero-order chi connectivity index (χ0) is 27.9. The Morgan fingerprint density at radius 3 is 2.54 bits per heavy atom. The van der Waals surface area contributed by atoms with E-state index in [0.717, 1.165) is 9.78 Å². The number of rotatable bonds is 5. The van der Waals surface area contributed by atoms with Crippen LogP contribution in [0.2, 0.25) is 0 Å². The molecule has 8 nitrogen and oxygen atoms in total. The number of allylic oxidation sites excluding steroid dienone is 2. The monoisotopic (exact) mass is 652 g/mol. The van der Waals surface area contributed by atoms with Crippen molar-refractivity contribution >= 4 is 74.1 Å². The van der Waals surface area contributed by atoms with Gasteiger partial charge in [-0.3, -0.25) is 29.0 Å². The standard InChI is InChI=1S/C27H23BrCl2N2O6S/c1-38-13-4-7-19(33)17(9-13)21-15-5-6-16-20(23(35)31(22(16)34)11-14-3-2-8-39-14)18(15)10-26(29)24(36)32(12-28)25(37)27(21,26)30/h2-5,7-9,16,18,20-21,33H,6,10-12H2,1H3/t16-,18+,20-,21+,26+,27-/m0/s1. The number of ether oxygens (including phenoxy) is 1. The minimum Gasteiger partial charge on any atom is -0.508 e. The Morgan fingerprint density at radius 2 is 1.87 bits per heavy atom. The van der Waals surface area contributed by atoms with Gasteiger partial charge in [0.05, 0.1) is 30.9 Å². The second-order valence-electron chi connectivity index (χ2n) is 10.3. The average molecular weight is 654 g/mol. The van der Waals surface area contributed by atoms with Crippen LogP contribution >= 0.6 is 50.5 Å². The van der Waals surface area contributed by atoms with Crippen LogP contribution in [0.4, 0.5) is 0 Å². The lowest BCUT2D eigenvalue weighted by Crippen LogP contribution is -2.60. The normalized spacial score (nSPS) is 33.7. The first-order valence-electron chi connectivity index (χ1n) is 12.3. The number of alkyl halides is 3. The van der Waals surface area contributed by atoms with Crippen LogP contribution < -0.4 is 4.74 Å². The lowest BCUT2D eigenvalue weighted by atomic mass is 9.56. The van der Waals surface area contributed by atoms with Crippen molar-refractivity contribution in [3.8, 4) is 11.5 Å². The van der Waals surface area contributed by atoms with E-state index in [1.54, 1.807) is 12.1 Å². The van der Waals surface area contributed by atoms with Crippen LogP contribution in [-0.4, -0.2) is 60.8 Å². The fourth-order valence-electron chi connectivity index (χ4n) is 6.77. The number of nitrogens with zero attached hydrogens (tertiary/aromatic N) is 2. The molecular weight excluding hydrogens is 631 g/mol. The highest BCUT2D eigenvalue weighted by atomic mass is 79.9. The number of methoxy groups -OCH3 is 1. The minimum absolute atomic E-state index is 0.105. The summed E-state index contributed by atoms with van der Waals surface area (Å²) in [6.07, 6.45) is 1.99. The number of carbonyl (C=O) groups is 4. The molecule has 2 aromatic rings. The van der Waals surface area contributed by atoms with E-state index < -0.39 is 45.2 Å². The van der Waals surface area contributed by atoms with Crippen molar-refractivity contribution in [2.24, 2.45) is 17.8 Å². The van der Waals surface area contributed by atoms with E-state index in [1.807, 2.05) is 23.6 Å². The number of imide groups is 2. The van der Waals surface area contributed by atoms with Crippen LogP contribution in [0.3, 0.4) is 0 Å². The molecule has 0 spiro atoms. The van der Waals surface area contributed by atoms with Crippen molar-refractivity contribution in [2.75, 3.05) is 12.6 Å². The number of hydrogen-bond acceptors (Lipinski definition) is 7. The van der Waals surface area contributed by atoms with Gasteiger partial charge < -0.3 is 9.84 Å². The molecule has 3 heterocycles. The summed E-state index contributed by atoms with van der Waals surface area (Å²) in [7, 11) is 1.47. The third-order valence-corrected chi connectivity index (χ3v) is 11.3. The minimum atomic E-state index is -1.99. The predicted octanol–water partition coefficient (Wildman–Crippen LogP) is 4.37. The summed E-state index contributed by atoms with van der Waals surface area (Å²) in [6.45, 7) is 0.171. The zero-order valence-corrected chi connectivity index (χ0v) is 24.5. The van der Waals surface area contributed by atoms with Crippen molar-refractivity contribution in [1.82, 2.24) is 9.80 Å². The van der Waals surface area contributed by atoms with Crippen molar-refractivity contribution < 1.29 is 29.0 Å². The number of carbonyl (C=O) groups excluding carboxylic acids is 4. The fourth-order valence-corrected chi connectivity index (χ4v) is 8.88. The molecule has 2 saturated heterocycles. The number of hydrogen-bond donors (Lipinski definition) is 1. The first-order chi connectivity index (χ1) is 18.6. The van der Waals surface area contributed by atoms with E-state index in [-0.39, 0.29) is 48.0 Å². The van der Waals surface area contributed by atoms with Gasteiger partial charge >= 0.3 is 0 Å². The summed E-state index contributed by atoms with van der Waals surface area (Å²) in [5, 5.41) is 12.9. The van der Waals surface area contributed by atoms with E-state index in [2.05, 4.69) is 15.9 Å². The number of amides is 4. The number of phenolic OH excluding ortho intramolecular Hbond substituents is 1. The zero-order valence-electron chi connectivity index (χ0n) is 20.6. The Hall–Kier alpha value is -2.40. The van der Waals surface area contributed by atoms with Gasteiger partial charge in [-0.2, -0.15) is 0 Å². The lowest BCUT2D eigenvalue weighted by molar-refractivity contribution is -0.141. The summed E-state index contributed by atoms with van der Waals surface area (Å²) >= 11 is 19.0. The van der Waals surface area contributed by atoms with Gasteiger partial charge in [-0.25, -0.2) is 0 Å². The second-order valence-corrected chi connectivity index (χ2v) is 13.0. The quantitative estimate of drug-likeness (QED) is 0.222. The highest BCUT2D eigenvalue weighted by Gasteiger charge is 2.76. The van der Waals surface area contributed by atoms with Gasteiger partial charge in [-0.1, -0.05) is 33.6 Å². The van der Waals surface area contributed by atoms with E-state index in [4.69, 9.17) is 27.9 Å². The van der Waals surface area contributed by atoms with Crippen LogP contribution in [-0.2, 0) is 25.7 Å². The largest absolute Gasteiger partial charge is 0.508 e. The van der Waals surface area contributed by atoms with E-state index in [0.29, 0.717) is 11.3 Å². The molecule has 204 valence electrons. The molecule has 1 saturated carbocycles. The van der Waals surface area contributed by atoms with Gasteiger partial charge in [0.15, 0.2) is 9.75 Å². The maximum atomic E-state index is 13.9. The van der Waals surface area contributed by atoms with Gasteiger partial charge in [0.2, 0.25) is 11.8 Å². The Kier molecular flexibility index (Phi) is 6.41.